The Morgan fingerprint density at radius 2 is 1.15 bits per heavy atom. The molecule has 0 spiro atoms. The minimum atomic E-state index is -0.786. The standard InChI is InChI=1S/C22H44O4/c1-21(2)15-11-8-6-4-5-7-9-12-16-24-17-13-10-14-18-25-19-20-26-22(3)23/h19-23H,4-18H2,1-3H3. The lowest BCUT2D eigenvalue weighted by atomic mass is 10.0. The van der Waals surface area contributed by atoms with Gasteiger partial charge in [0.15, 0.2) is 6.29 Å². The van der Waals surface area contributed by atoms with E-state index in [9.17, 15) is 0 Å². The molecule has 0 aromatic heterocycles. The molecule has 0 aliphatic rings. The van der Waals surface area contributed by atoms with Crippen molar-refractivity contribution >= 4 is 0 Å². The van der Waals surface area contributed by atoms with Gasteiger partial charge in [0.1, 0.15) is 12.5 Å². The van der Waals surface area contributed by atoms with E-state index in [1.165, 1.54) is 70.3 Å². The van der Waals surface area contributed by atoms with E-state index in [-0.39, 0.29) is 0 Å². The molecule has 0 aromatic rings. The summed E-state index contributed by atoms with van der Waals surface area (Å²) in [6, 6.07) is 0. The van der Waals surface area contributed by atoms with Gasteiger partial charge in [-0.15, -0.1) is 0 Å². The Morgan fingerprint density at radius 1 is 0.654 bits per heavy atom. The van der Waals surface area contributed by atoms with Crippen LogP contribution in [0.3, 0.4) is 0 Å². The van der Waals surface area contributed by atoms with Crippen LogP contribution in [-0.2, 0) is 14.2 Å². The summed E-state index contributed by atoms with van der Waals surface area (Å²) < 4.78 is 15.7. The van der Waals surface area contributed by atoms with Crippen molar-refractivity contribution in [1.29, 1.82) is 0 Å². The predicted octanol–water partition coefficient (Wildman–Crippen LogP) is 6.18. The first-order chi connectivity index (χ1) is 12.6. The first kappa shape index (κ1) is 25.3. The number of unbranched alkanes of at least 4 members (excludes halogenated alkanes) is 9. The third kappa shape index (κ3) is 23.3. The van der Waals surface area contributed by atoms with Gasteiger partial charge in [-0.25, -0.2) is 0 Å². The maximum Gasteiger partial charge on any atom is 0.193 e. The van der Waals surface area contributed by atoms with Crippen LogP contribution in [0.15, 0.2) is 12.5 Å². The topological polar surface area (TPSA) is 47.9 Å². The molecule has 4 nitrogen and oxygen atoms in total. The zero-order valence-corrected chi connectivity index (χ0v) is 17.6. The van der Waals surface area contributed by atoms with Gasteiger partial charge in [-0.3, -0.25) is 0 Å². The smallest absolute Gasteiger partial charge is 0.193 e. The van der Waals surface area contributed by atoms with Crippen LogP contribution in [0, 0.1) is 5.92 Å². The molecule has 0 aliphatic carbocycles. The van der Waals surface area contributed by atoms with E-state index in [4.69, 9.17) is 19.3 Å². The number of aliphatic hydroxyl groups is 1. The highest BCUT2D eigenvalue weighted by atomic mass is 16.6. The zero-order valence-electron chi connectivity index (χ0n) is 17.6. The minimum Gasteiger partial charge on any atom is -0.498 e. The maximum absolute atomic E-state index is 8.87. The number of hydrogen-bond donors (Lipinski definition) is 1. The number of aliphatic hydroxyl groups excluding tert-OH is 1. The fourth-order valence-corrected chi connectivity index (χ4v) is 2.74. The number of ether oxygens (including phenoxy) is 3. The fourth-order valence-electron chi connectivity index (χ4n) is 2.74. The molecule has 1 unspecified atom stereocenters. The van der Waals surface area contributed by atoms with E-state index in [2.05, 4.69) is 13.8 Å². The molecule has 4 heteroatoms. The third-order valence-electron chi connectivity index (χ3n) is 4.30. The SMILES string of the molecule is CC(C)CCCCCCCCCCOCCCCCOC=COC(C)O. The lowest BCUT2D eigenvalue weighted by Crippen LogP contribution is -2.00. The van der Waals surface area contributed by atoms with E-state index in [0.29, 0.717) is 6.61 Å². The average Bonchev–Trinajstić information content (AvgIpc) is 2.59. The summed E-state index contributed by atoms with van der Waals surface area (Å²) in [5, 5.41) is 8.87. The largest absolute Gasteiger partial charge is 0.498 e. The summed E-state index contributed by atoms with van der Waals surface area (Å²) >= 11 is 0. The molecule has 0 aromatic carbocycles. The molecule has 0 radical (unpaired) electrons. The first-order valence-corrected chi connectivity index (χ1v) is 10.8. The van der Waals surface area contributed by atoms with Crippen LogP contribution in [0.2, 0.25) is 0 Å². The van der Waals surface area contributed by atoms with Gasteiger partial charge >= 0.3 is 0 Å². The van der Waals surface area contributed by atoms with E-state index in [0.717, 1.165) is 38.4 Å². The Morgan fingerprint density at radius 3 is 1.73 bits per heavy atom. The van der Waals surface area contributed by atoms with Crippen molar-refractivity contribution < 1.29 is 19.3 Å². The quantitative estimate of drug-likeness (QED) is 0.157. The molecule has 1 N–H and O–H groups in total. The second-order valence-electron chi connectivity index (χ2n) is 7.56. The molecule has 1 atom stereocenters. The average molecular weight is 373 g/mol. The van der Waals surface area contributed by atoms with E-state index < -0.39 is 6.29 Å². The summed E-state index contributed by atoms with van der Waals surface area (Å²) in [6.45, 7) is 8.62. The summed E-state index contributed by atoms with van der Waals surface area (Å²) in [5.41, 5.74) is 0. The molecular weight excluding hydrogens is 328 g/mol. The Bertz CT molecular complexity index is 290. The normalized spacial score (nSPS) is 12.8. The lowest BCUT2D eigenvalue weighted by Gasteiger charge is -2.06. The van der Waals surface area contributed by atoms with Gasteiger partial charge in [0.25, 0.3) is 0 Å². The van der Waals surface area contributed by atoms with Crippen LogP contribution < -0.4 is 0 Å². The van der Waals surface area contributed by atoms with Crippen LogP contribution >= 0.6 is 0 Å². The van der Waals surface area contributed by atoms with Crippen LogP contribution in [0.5, 0.6) is 0 Å². The van der Waals surface area contributed by atoms with Crippen molar-refractivity contribution in [2.24, 2.45) is 5.92 Å². The van der Waals surface area contributed by atoms with Crippen molar-refractivity contribution in [2.75, 3.05) is 19.8 Å². The minimum absolute atomic E-state index is 0.678. The Balaban J connectivity index is 3.04. The van der Waals surface area contributed by atoms with Crippen molar-refractivity contribution in [3.8, 4) is 0 Å². The lowest BCUT2D eigenvalue weighted by molar-refractivity contribution is -0.0376. The highest BCUT2D eigenvalue weighted by Crippen LogP contribution is 2.12. The molecule has 0 fully saturated rings. The summed E-state index contributed by atoms with van der Waals surface area (Å²) in [7, 11) is 0. The molecule has 0 rings (SSSR count). The van der Waals surface area contributed by atoms with E-state index in [1.54, 1.807) is 6.92 Å². The molecular formula is C22H44O4. The first-order valence-electron chi connectivity index (χ1n) is 10.8. The van der Waals surface area contributed by atoms with Gasteiger partial charge in [-0.05, 0) is 38.5 Å². The highest BCUT2D eigenvalue weighted by Gasteiger charge is 1.96. The molecule has 0 saturated carbocycles. The van der Waals surface area contributed by atoms with E-state index >= 15 is 0 Å². The van der Waals surface area contributed by atoms with Gasteiger partial charge in [0.2, 0.25) is 0 Å². The highest BCUT2D eigenvalue weighted by molar-refractivity contribution is 4.61. The van der Waals surface area contributed by atoms with Crippen molar-refractivity contribution in [3.05, 3.63) is 12.5 Å². The van der Waals surface area contributed by atoms with Crippen LogP contribution in [0.25, 0.3) is 0 Å². The second kappa shape index (κ2) is 20.6. The van der Waals surface area contributed by atoms with Gasteiger partial charge < -0.3 is 19.3 Å². The Hall–Kier alpha value is -0.740. The second-order valence-corrected chi connectivity index (χ2v) is 7.56. The predicted molar refractivity (Wildman–Crippen MR) is 109 cm³/mol. The monoisotopic (exact) mass is 372 g/mol. The van der Waals surface area contributed by atoms with Crippen LogP contribution in [0.1, 0.15) is 97.8 Å². The van der Waals surface area contributed by atoms with Gasteiger partial charge in [-0.2, -0.15) is 0 Å². The molecule has 0 aliphatic heterocycles. The Labute approximate surface area is 162 Å². The summed E-state index contributed by atoms with van der Waals surface area (Å²) in [6.07, 6.45) is 17.6. The summed E-state index contributed by atoms with van der Waals surface area (Å²) in [4.78, 5) is 0. The third-order valence-corrected chi connectivity index (χ3v) is 4.30. The van der Waals surface area contributed by atoms with Gasteiger partial charge in [0, 0.05) is 13.2 Å². The van der Waals surface area contributed by atoms with Crippen molar-refractivity contribution in [2.45, 2.75) is 104 Å². The molecule has 156 valence electrons. The maximum atomic E-state index is 8.87. The van der Waals surface area contributed by atoms with Gasteiger partial charge in [0.05, 0.1) is 6.61 Å². The number of hydrogen-bond acceptors (Lipinski definition) is 4. The Kier molecular flexibility index (Phi) is 20.0. The molecule has 0 amide bonds. The van der Waals surface area contributed by atoms with Crippen molar-refractivity contribution in [1.82, 2.24) is 0 Å². The number of rotatable bonds is 20. The molecule has 0 bridgehead atoms. The zero-order chi connectivity index (χ0) is 19.3. The van der Waals surface area contributed by atoms with Crippen LogP contribution in [0.4, 0.5) is 0 Å². The molecule has 0 heterocycles. The van der Waals surface area contributed by atoms with Crippen LogP contribution in [-0.4, -0.2) is 31.2 Å². The summed E-state index contributed by atoms with van der Waals surface area (Å²) in [5.74, 6) is 0.863. The van der Waals surface area contributed by atoms with E-state index in [1.807, 2.05) is 0 Å². The van der Waals surface area contributed by atoms with Gasteiger partial charge in [-0.1, -0.05) is 65.2 Å². The fraction of sp³-hybridized carbons (Fsp3) is 0.909. The molecule has 0 saturated heterocycles. The van der Waals surface area contributed by atoms with Crippen molar-refractivity contribution in [3.63, 3.8) is 0 Å². The molecule has 26 heavy (non-hydrogen) atoms.